The summed E-state index contributed by atoms with van der Waals surface area (Å²) in [5.41, 5.74) is 8.12. The number of aryl methyl sites for hydroxylation is 2. The number of nitrogens with one attached hydrogen (secondary N) is 3. The molecule has 0 aliphatic carbocycles. The van der Waals surface area contributed by atoms with Gasteiger partial charge < -0.3 is 4.98 Å². The fraction of sp³-hybridized carbons (Fsp3) is 0.111. The summed E-state index contributed by atoms with van der Waals surface area (Å²) < 4.78 is 14.1. The second-order valence-electron chi connectivity index (χ2n) is 8.02. The first kappa shape index (κ1) is 22.0. The zero-order valence-electron chi connectivity index (χ0n) is 19.0. The number of nitrogens with zero attached hydrogens (tertiary/aromatic N) is 2. The molecule has 33 heavy (non-hydrogen) atoms. The second kappa shape index (κ2) is 9.12. The molecule has 166 valence electrons. The van der Waals surface area contributed by atoms with Crippen molar-refractivity contribution in [1.29, 1.82) is 0 Å². The van der Waals surface area contributed by atoms with Crippen LogP contribution in [0.5, 0.6) is 0 Å². The summed E-state index contributed by atoms with van der Waals surface area (Å²) in [5, 5.41) is 16.0. The van der Waals surface area contributed by atoms with Gasteiger partial charge in [0.15, 0.2) is 0 Å². The molecule has 5 nitrogen and oxygen atoms in total. The molecule has 3 heterocycles. The van der Waals surface area contributed by atoms with Crippen molar-refractivity contribution in [3.8, 4) is 11.4 Å². The Balaban J connectivity index is 1.74. The Hall–Kier alpha value is -4.19. The average Bonchev–Trinajstić information content (AvgIpc) is 3.50. The molecule has 4 aromatic rings. The van der Waals surface area contributed by atoms with Gasteiger partial charge in [0.25, 0.3) is 0 Å². The summed E-state index contributed by atoms with van der Waals surface area (Å²) in [6.07, 6.45) is 11.2. The van der Waals surface area contributed by atoms with Gasteiger partial charge in [0.2, 0.25) is 0 Å². The highest BCUT2D eigenvalue weighted by Gasteiger charge is 2.15. The molecule has 0 spiro atoms. The van der Waals surface area contributed by atoms with Gasteiger partial charge in [-0.25, -0.2) is 4.39 Å². The highest BCUT2D eigenvalue weighted by Crippen LogP contribution is 2.30. The van der Waals surface area contributed by atoms with Crippen LogP contribution in [0.4, 0.5) is 4.39 Å². The van der Waals surface area contributed by atoms with E-state index in [0.717, 1.165) is 61.0 Å². The lowest BCUT2D eigenvalue weighted by atomic mass is 9.96. The number of aromatic amines is 3. The van der Waals surface area contributed by atoms with Gasteiger partial charge in [-0.05, 0) is 67.3 Å². The molecule has 0 aliphatic heterocycles. The van der Waals surface area contributed by atoms with Crippen molar-refractivity contribution in [2.24, 2.45) is 0 Å². The van der Waals surface area contributed by atoms with Crippen LogP contribution in [0, 0.1) is 19.7 Å². The molecule has 3 aromatic heterocycles. The van der Waals surface area contributed by atoms with Crippen molar-refractivity contribution in [3.05, 3.63) is 106 Å². The lowest BCUT2D eigenvalue weighted by Gasteiger charge is -2.09. The Bertz CT molecular complexity index is 1460. The Labute approximate surface area is 191 Å². The van der Waals surface area contributed by atoms with E-state index >= 15 is 0 Å². The third-order valence-electron chi connectivity index (χ3n) is 5.55. The second-order valence-corrected chi connectivity index (χ2v) is 8.02. The first-order valence-corrected chi connectivity index (χ1v) is 10.6. The summed E-state index contributed by atoms with van der Waals surface area (Å²) in [7, 11) is 0. The number of aromatic nitrogens is 5. The first-order valence-electron chi connectivity index (χ1n) is 10.6. The maximum absolute atomic E-state index is 14.1. The van der Waals surface area contributed by atoms with Crippen LogP contribution in [-0.2, 0) is 0 Å². The van der Waals surface area contributed by atoms with Crippen LogP contribution >= 0.6 is 0 Å². The predicted molar refractivity (Wildman–Crippen MR) is 133 cm³/mol. The van der Waals surface area contributed by atoms with Crippen molar-refractivity contribution in [3.63, 3.8) is 0 Å². The molecule has 0 aliphatic rings. The zero-order chi connectivity index (χ0) is 23.5. The van der Waals surface area contributed by atoms with E-state index < -0.39 is 0 Å². The fourth-order valence-corrected chi connectivity index (χ4v) is 3.83. The van der Waals surface area contributed by atoms with Crippen LogP contribution < -0.4 is 10.6 Å². The van der Waals surface area contributed by atoms with Crippen molar-refractivity contribution in [2.45, 2.75) is 20.8 Å². The Morgan fingerprint density at radius 2 is 1.91 bits per heavy atom. The van der Waals surface area contributed by atoms with E-state index in [-0.39, 0.29) is 5.82 Å². The van der Waals surface area contributed by atoms with Crippen LogP contribution in [0.1, 0.15) is 34.9 Å². The number of allylic oxidation sites excluding steroid dienone is 4. The minimum atomic E-state index is -0.264. The normalized spacial score (nSPS) is 13.0. The molecule has 6 heteroatoms. The number of hydrogen-bond donors (Lipinski definition) is 3. The molecule has 4 rings (SSSR count). The van der Waals surface area contributed by atoms with Crippen LogP contribution in [-0.4, -0.2) is 25.4 Å². The van der Waals surface area contributed by atoms with Crippen molar-refractivity contribution in [2.75, 3.05) is 0 Å². The molecule has 0 amide bonds. The van der Waals surface area contributed by atoms with E-state index in [9.17, 15) is 4.39 Å². The van der Waals surface area contributed by atoms with E-state index in [1.165, 1.54) is 12.1 Å². The summed E-state index contributed by atoms with van der Waals surface area (Å²) in [6.45, 7) is 14.0. The lowest BCUT2D eigenvalue weighted by Crippen LogP contribution is -2.21. The van der Waals surface area contributed by atoms with Crippen LogP contribution in [0.3, 0.4) is 0 Å². The third kappa shape index (κ3) is 4.55. The molecule has 0 bridgehead atoms. The Morgan fingerprint density at radius 3 is 2.61 bits per heavy atom. The van der Waals surface area contributed by atoms with Crippen molar-refractivity contribution in [1.82, 2.24) is 25.4 Å². The van der Waals surface area contributed by atoms with E-state index in [1.807, 2.05) is 57.3 Å². The highest BCUT2D eigenvalue weighted by molar-refractivity contribution is 5.84. The largest absolute Gasteiger partial charge is 0.357 e. The molecular formula is C27H26FN5. The number of rotatable bonds is 6. The van der Waals surface area contributed by atoms with Crippen molar-refractivity contribution < 1.29 is 4.39 Å². The van der Waals surface area contributed by atoms with Gasteiger partial charge in [-0.15, -0.1) is 0 Å². The average molecular weight is 440 g/mol. The Kier molecular flexibility index (Phi) is 6.09. The first-order chi connectivity index (χ1) is 15.9. The smallest absolute Gasteiger partial charge is 0.124 e. The van der Waals surface area contributed by atoms with Gasteiger partial charge in [-0.1, -0.05) is 37.5 Å². The molecule has 1 aromatic carbocycles. The predicted octanol–water partition coefficient (Wildman–Crippen LogP) is 4.80. The van der Waals surface area contributed by atoms with Crippen LogP contribution in [0.15, 0.2) is 61.5 Å². The quantitative estimate of drug-likeness (QED) is 0.378. The SMILES string of the molecule is C=C/C=C(/c1cc(C)cc(F)c1)c1cc(-c2n[nH]/c(=C/C=C(\C)c3cn[nH]c3)c2=C)[nH]c1C. The molecule has 0 saturated heterocycles. The molecule has 0 atom stereocenters. The van der Waals surface area contributed by atoms with Gasteiger partial charge in [0.1, 0.15) is 11.5 Å². The molecule has 0 fully saturated rings. The molecule has 0 unspecified atom stereocenters. The topological polar surface area (TPSA) is 73.2 Å². The molecular weight excluding hydrogens is 413 g/mol. The minimum absolute atomic E-state index is 0.264. The van der Waals surface area contributed by atoms with E-state index in [2.05, 4.69) is 38.5 Å². The Morgan fingerprint density at radius 1 is 1.09 bits per heavy atom. The summed E-state index contributed by atoms with van der Waals surface area (Å²) in [4.78, 5) is 3.41. The van der Waals surface area contributed by atoms with E-state index in [4.69, 9.17) is 0 Å². The number of H-pyrrole nitrogens is 3. The lowest BCUT2D eigenvalue weighted by molar-refractivity contribution is 0.626. The van der Waals surface area contributed by atoms with Gasteiger partial charge in [0, 0.05) is 28.2 Å². The maximum Gasteiger partial charge on any atom is 0.124 e. The monoisotopic (exact) mass is 439 g/mol. The zero-order valence-corrected chi connectivity index (χ0v) is 19.0. The van der Waals surface area contributed by atoms with Gasteiger partial charge in [-0.2, -0.15) is 10.2 Å². The molecule has 0 radical (unpaired) electrons. The number of halogens is 1. The summed E-state index contributed by atoms with van der Waals surface area (Å²) in [6, 6.07) is 7.04. The van der Waals surface area contributed by atoms with Gasteiger partial charge in [-0.3, -0.25) is 10.2 Å². The molecule has 3 N–H and O–H groups in total. The number of benzene rings is 1. The van der Waals surface area contributed by atoms with Gasteiger partial charge in [0.05, 0.1) is 17.2 Å². The van der Waals surface area contributed by atoms with E-state index in [1.54, 1.807) is 12.3 Å². The maximum atomic E-state index is 14.1. The summed E-state index contributed by atoms with van der Waals surface area (Å²) in [5.74, 6) is -0.264. The van der Waals surface area contributed by atoms with E-state index in [0.29, 0.717) is 0 Å². The third-order valence-corrected chi connectivity index (χ3v) is 5.55. The van der Waals surface area contributed by atoms with Gasteiger partial charge >= 0.3 is 0 Å². The van der Waals surface area contributed by atoms with Crippen LogP contribution in [0.2, 0.25) is 0 Å². The molecule has 0 saturated carbocycles. The summed E-state index contributed by atoms with van der Waals surface area (Å²) >= 11 is 0. The minimum Gasteiger partial charge on any atom is -0.357 e. The van der Waals surface area contributed by atoms with Crippen molar-refractivity contribution >= 4 is 23.8 Å². The highest BCUT2D eigenvalue weighted by atomic mass is 19.1. The fourth-order valence-electron chi connectivity index (χ4n) is 3.83. The number of hydrogen-bond acceptors (Lipinski definition) is 2. The van der Waals surface area contributed by atoms with Crippen LogP contribution in [0.25, 0.3) is 35.2 Å². The standard InChI is InChI=1S/C27H26FN5/c1-6-7-23(20-10-16(2)11-22(28)12-20)24-13-26(31-19(24)5)27-18(4)25(32-33-27)9-8-17(3)21-14-29-30-15-21/h6-15,31-32H,1,4H2,2-3,5H3,(H,29,30)/b17-8+,23-7-,25-9+.